The van der Waals surface area contributed by atoms with Crippen LogP contribution >= 0.6 is 0 Å². The van der Waals surface area contributed by atoms with E-state index in [4.69, 9.17) is 0 Å². The number of hydrogen-bond donors (Lipinski definition) is 0. The molecule has 0 amide bonds. The smallest absolute Gasteiger partial charge is 0.294 e. The van der Waals surface area contributed by atoms with Crippen LogP contribution in [-0.4, -0.2) is 19.1 Å². The highest BCUT2D eigenvalue weighted by molar-refractivity contribution is 5.21. The topological polar surface area (TPSA) is 52.7 Å². The van der Waals surface area contributed by atoms with E-state index in [0.29, 0.717) is 18.3 Å². The zero-order chi connectivity index (χ0) is 13.8. The van der Waals surface area contributed by atoms with Crippen LogP contribution in [0.25, 0.3) is 5.82 Å². The molecule has 5 nitrogen and oxygen atoms in total. The van der Waals surface area contributed by atoms with Gasteiger partial charge in [-0.3, -0.25) is 9.36 Å². The lowest BCUT2D eigenvalue weighted by molar-refractivity contribution is 0.507. The van der Waals surface area contributed by atoms with E-state index in [1.165, 1.54) is 0 Å². The monoisotopic (exact) mass is 260 g/mol. The molecule has 5 heteroatoms. The number of aromatic nitrogens is 4. The van der Waals surface area contributed by atoms with Gasteiger partial charge < -0.3 is 4.57 Å². The summed E-state index contributed by atoms with van der Waals surface area (Å²) in [5.74, 6) is 1.74. The minimum Gasteiger partial charge on any atom is -0.311 e. The van der Waals surface area contributed by atoms with E-state index in [1.54, 1.807) is 33.9 Å². The molecule has 0 radical (unpaired) electrons. The quantitative estimate of drug-likeness (QED) is 0.826. The van der Waals surface area contributed by atoms with Crippen molar-refractivity contribution in [3.63, 3.8) is 0 Å². The number of aryl methyl sites for hydroxylation is 1. The Kier molecular flexibility index (Phi) is 4.14. The molecule has 0 atom stereocenters. The van der Waals surface area contributed by atoms with E-state index in [2.05, 4.69) is 30.7 Å². The molecule has 2 heterocycles. The second-order valence-electron chi connectivity index (χ2n) is 5.07. The molecule has 0 aromatic carbocycles. The van der Waals surface area contributed by atoms with Crippen molar-refractivity contribution in [2.75, 3.05) is 0 Å². The van der Waals surface area contributed by atoms with Gasteiger partial charge in [0.15, 0.2) is 0 Å². The molecule has 0 bridgehead atoms. The fourth-order valence-electron chi connectivity index (χ4n) is 2.07. The third-order valence-corrected chi connectivity index (χ3v) is 2.88. The SMILES string of the molecule is CCCc1nccn1-c1nccn(CC(C)C)c1=O. The average Bonchev–Trinajstić information content (AvgIpc) is 2.80. The first kappa shape index (κ1) is 13.5. The van der Waals surface area contributed by atoms with E-state index < -0.39 is 0 Å². The Labute approximate surface area is 112 Å². The first-order valence-corrected chi connectivity index (χ1v) is 6.71. The summed E-state index contributed by atoms with van der Waals surface area (Å²) in [5.41, 5.74) is -0.0634. The Bertz CT molecular complexity index is 597. The molecule has 0 spiro atoms. The summed E-state index contributed by atoms with van der Waals surface area (Å²) < 4.78 is 3.51. The van der Waals surface area contributed by atoms with E-state index in [-0.39, 0.29) is 5.56 Å². The van der Waals surface area contributed by atoms with Crippen LogP contribution in [0.4, 0.5) is 0 Å². The van der Waals surface area contributed by atoms with Crippen LogP contribution in [0.2, 0.25) is 0 Å². The van der Waals surface area contributed by atoms with E-state index in [0.717, 1.165) is 18.7 Å². The van der Waals surface area contributed by atoms with Crippen LogP contribution in [-0.2, 0) is 13.0 Å². The molecule has 2 aromatic heterocycles. The van der Waals surface area contributed by atoms with E-state index >= 15 is 0 Å². The van der Waals surface area contributed by atoms with Gasteiger partial charge in [0.2, 0.25) is 5.82 Å². The van der Waals surface area contributed by atoms with Crippen molar-refractivity contribution >= 4 is 0 Å². The van der Waals surface area contributed by atoms with Crippen LogP contribution in [0.3, 0.4) is 0 Å². The largest absolute Gasteiger partial charge is 0.311 e. The second kappa shape index (κ2) is 5.82. The summed E-state index contributed by atoms with van der Waals surface area (Å²) in [6.07, 6.45) is 8.76. The Balaban J connectivity index is 2.45. The summed E-state index contributed by atoms with van der Waals surface area (Å²) in [7, 11) is 0. The van der Waals surface area contributed by atoms with E-state index in [1.807, 2.05) is 0 Å². The van der Waals surface area contributed by atoms with E-state index in [9.17, 15) is 4.79 Å². The van der Waals surface area contributed by atoms with Crippen molar-refractivity contribution in [1.82, 2.24) is 19.1 Å². The van der Waals surface area contributed by atoms with Crippen molar-refractivity contribution in [3.05, 3.63) is 41.0 Å². The van der Waals surface area contributed by atoms with Gasteiger partial charge in [0, 0.05) is 37.8 Å². The predicted octanol–water partition coefficient (Wildman–Crippen LogP) is 2.04. The zero-order valence-corrected chi connectivity index (χ0v) is 11.7. The Hall–Kier alpha value is -1.91. The molecule has 19 heavy (non-hydrogen) atoms. The average molecular weight is 260 g/mol. The van der Waals surface area contributed by atoms with Crippen molar-refractivity contribution in [3.8, 4) is 5.82 Å². The number of rotatable bonds is 5. The summed E-state index contributed by atoms with van der Waals surface area (Å²) in [4.78, 5) is 20.9. The van der Waals surface area contributed by atoms with Gasteiger partial charge in [0.05, 0.1) is 0 Å². The minimum absolute atomic E-state index is 0.0634. The molecule has 0 unspecified atom stereocenters. The van der Waals surface area contributed by atoms with Gasteiger partial charge in [-0.1, -0.05) is 20.8 Å². The predicted molar refractivity (Wildman–Crippen MR) is 74.5 cm³/mol. The van der Waals surface area contributed by atoms with Crippen LogP contribution in [0.15, 0.2) is 29.6 Å². The standard InChI is InChI=1S/C14H20N4O/c1-4-5-12-15-7-9-18(12)13-14(19)17(8-6-16-13)10-11(2)3/h6-9,11H,4-5,10H2,1-3H3. The highest BCUT2D eigenvalue weighted by Crippen LogP contribution is 2.06. The summed E-state index contributed by atoms with van der Waals surface area (Å²) in [5, 5.41) is 0. The molecule has 0 saturated heterocycles. The van der Waals surface area contributed by atoms with Gasteiger partial charge in [-0.15, -0.1) is 0 Å². The third-order valence-electron chi connectivity index (χ3n) is 2.88. The third kappa shape index (κ3) is 2.92. The maximum Gasteiger partial charge on any atom is 0.294 e. The van der Waals surface area contributed by atoms with Gasteiger partial charge in [-0.25, -0.2) is 9.97 Å². The highest BCUT2D eigenvalue weighted by atomic mass is 16.1. The minimum atomic E-state index is -0.0634. The van der Waals surface area contributed by atoms with Gasteiger partial charge in [0.1, 0.15) is 5.82 Å². The second-order valence-corrected chi connectivity index (χ2v) is 5.07. The van der Waals surface area contributed by atoms with Gasteiger partial charge >= 0.3 is 0 Å². The molecule has 2 rings (SSSR count). The lowest BCUT2D eigenvalue weighted by Gasteiger charge is -2.11. The molecule has 2 aromatic rings. The maximum atomic E-state index is 12.4. The van der Waals surface area contributed by atoms with Gasteiger partial charge in [0.25, 0.3) is 5.56 Å². The summed E-state index contributed by atoms with van der Waals surface area (Å²) in [6, 6.07) is 0. The van der Waals surface area contributed by atoms with Crippen LogP contribution < -0.4 is 5.56 Å². The van der Waals surface area contributed by atoms with Crippen molar-refractivity contribution in [2.24, 2.45) is 5.92 Å². The first-order valence-electron chi connectivity index (χ1n) is 6.71. The maximum absolute atomic E-state index is 12.4. The van der Waals surface area contributed by atoms with Gasteiger partial charge in [-0.2, -0.15) is 0 Å². The molecule has 0 N–H and O–H groups in total. The number of imidazole rings is 1. The molecular formula is C14H20N4O. The van der Waals surface area contributed by atoms with Gasteiger partial charge in [-0.05, 0) is 12.3 Å². The van der Waals surface area contributed by atoms with Crippen molar-refractivity contribution < 1.29 is 0 Å². The Morgan fingerprint density at radius 3 is 2.63 bits per heavy atom. The molecule has 0 saturated carbocycles. The Morgan fingerprint density at radius 2 is 1.95 bits per heavy atom. The fourth-order valence-corrected chi connectivity index (χ4v) is 2.07. The molecular weight excluding hydrogens is 240 g/mol. The summed E-state index contributed by atoms with van der Waals surface area (Å²) in [6.45, 7) is 6.97. The van der Waals surface area contributed by atoms with Crippen LogP contribution in [0.1, 0.15) is 33.0 Å². The van der Waals surface area contributed by atoms with Crippen LogP contribution in [0.5, 0.6) is 0 Å². The molecule has 0 fully saturated rings. The van der Waals surface area contributed by atoms with Crippen molar-refractivity contribution in [2.45, 2.75) is 40.2 Å². The first-order chi connectivity index (χ1) is 9.13. The molecule has 0 aliphatic heterocycles. The lowest BCUT2D eigenvalue weighted by Crippen LogP contribution is -2.27. The van der Waals surface area contributed by atoms with Crippen molar-refractivity contribution in [1.29, 1.82) is 0 Å². The lowest BCUT2D eigenvalue weighted by atomic mass is 10.2. The molecule has 0 aliphatic rings. The zero-order valence-electron chi connectivity index (χ0n) is 11.7. The normalized spacial score (nSPS) is 11.2. The molecule has 0 aliphatic carbocycles. The fraction of sp³-hybridized carbons (Fsp3) is 0.500. The number of hydrogen-bond acceptors (Lipinski definition) is 3. The highest BCUT2D eigenvalue weighted by Gasteiger charge is 2.11. The summed E-state index contributed by atoms with van der Waals surface area (Å²) >= 11 is 0. The number of nitrogens with zero attached hydrogens (tertiary/aromatic N) is 4. The molecule has 102 valence electrons. The Morgan fingerprint density at radius 1 is 1.21 bits per heavy atom. The van der Waals surface area contributed by atoms with Crippen LogP contribution in [0, 0.1) is 5.92 Å².